The van der Waals surface area contributed by atoms with Crippen molar-refractivity contribution in [3.63, 3.8) is 0 Å². The summed E-state index contributed by atoms with van der Waals surface area (Å²) in [6.07, 6.45) is 1.32. The second-order valence-electron chi connectivity index (χ2n) is 7.54. The fraction of sp³-hybridized carbons (Fsp3) is 0.0800. The van der Waals surface area contributed by atoms with Gasteiger partial charge in [-0.1, -0.05) is 41.9 Å². The zero-order chi connectivity index (χ0) is 25.8. The molecule has 3 aromatic carbocycles. The molecule has 1 aliphatic heterocycles. The fourth-order valence-electron chi connectivity index (χ4n) is 3.49. The highest BCUT2D eigenvalue weighted by atomic mass is 35.5. The molecule has 0 aromatic heterocycles. The summed E-state index contributed by atoms with van der Waals surface area (Å²) in [5, 5.41) is 13.3. The quantitative estimate of drug-likeness (QED) is 0.216. The summed E-state index contributed by atoms with van der Waals surface area (Å²) < 4.78 is 11.1. The Labute approximate surface area is 209 Å². The van der Waals surface area contributed by atoms with Crippen LogP contribution in [-0.2, 0) is 16.2 Å². The molecule has 1 saturated heterocycles. The molecule has 1 aliphatic rings. The Bertz CT molecular complexity index is 1420. The minimum Gasteiger partial charge on any atom is -0.493 e. The van der Waals surface area contributed by atoms with Gasteiger partial charge in [-0.25, -0.2) is 9.69 Å². The van der Waals surface area contributed by atoms with E-state index in [-0.39, 0.29) is 28.6 Å². The molecule has 4 amide bonds. The van der Waals surface area contributed by atoms with E-state index in [1.165, 1.54) is 37.5 Å². The molecule has 11 heteroatoms. The lowest BCUT2D eigenvalue weighted by atomic mass is 10.1. The number of hydrogen-bond acceptors (Lipinski definition) is 7. The molecule has 0 aliphatic carbocycles. The highest BCUT2D eigenvalue weighted by molar-refractivity contribution is 6.42. The Hall–Kier alpha value is -4.70. The Morgan fingerprint density at radius 1 is 1.03 bits per heavy atom. The Morgan fingerprint density at radius 2 is 1.81 bits per heavy atom. The number of para-hydroxylation sites is 1. The van der Waals surface area contributed by atoms with Gasteiger partial charge in [0.1, 0.15) is 12.2 Å². The SMILES string of the molecule is COc1cc(/C=C2\C(=O)NC(=O)N(c3ccccc3Cl)C2=O)ccc1OCc1cccc([N+](=O)[O-])c1. The number of carbonyl (C=O) groups excluding carboxylic acids is 3. The van der Waals surface area contributed by atoms with Crippen molar-refractivity contribution in [2.75, 3.05) is 12.0 Å². The van der Waals surface area contributed by atoms with Crippen LogP contribution in [-0.4, -0.2) is 29.9 Å². The van der Waals surface area contributed by atoms with Crippen molar-refractivity contribution < 1.29 is 28.8 Å². The number of nitrogens with zero attached hydrogens (tertiary/aromatic N) is 2. The van der Waals surface area contributed by atoms with Gasteiger partial charge in [0.15, 0.2) is 11.5 Å². The molecule has 10 nitrogen and oxygen atoms in total. The number of benzene rings is 3. The van der Waals surface area contributed by atoms with Gasteiger partial charge in [0.05, 0.1) is 22.7 Å². The molecule has 0 spiro atoms. The van der Waals surface area contributed by atoms with Crippen LogP contribution in [0.4, 0.5) is 16.2 Å². The van der Waals surface area contributed by atoms with Crippen molar-refractivity contribution in [3.05, 3.63) is 98.6 Å². The third kappa shape index (κ3) is 5.03. The second-order valence-corrected chi connectivity index (χ2v) is 7.94. The van der Waals surface area contributed by atoms with Gasteiger partial charge in [0.2, 0.25) is 0 Å². The molecule has 1 heterocycles. The van der Waals surface area contributed by atoms with E-state index >= 15 is 0 Å². The minimum atomic E-state index is -0.905. The minimum absolute atomic E-state index is 0.0499. The molecule has 0 saturated carbocycles. The summed E-state index contributed by atoms with van der Waals surface area (Å²) in [6, 6.07) is 16.1. The number of nitrogens with one attached hydrogen (secondary N) is 1. The second kappa shape index (κ2) is 10.3. The molecule has 1 N–H and O–H groups in total. The molecular formula is C25H18ClN3O7. The Morgan fingerprint density at radius 3 is 2.53 bits per heavy atom. The molecule has 0 atom stereocenters. The van der Waals surface area contributed by atoms with E-state index in [2.05, 4.69) is 5.32 Å². The predicted molar refractivity (Wildman–Crippen MR) is 131 cm³/mol. The van der Waals surface area contributed by atoms with Gasteiger partial charge < -0.3 is 9.47 Å². The number of nitro benzene ring substituents is 1. The largest absolute Gasteiger partial charge is 0.493 e. The molecular weight excluding hydrogens is 490 g/mol. The van der Waals surface area contributed by atoms with Crippen LogP contribution in [0.15, 0.2) is 72.3 Å². The molecule has 0 radical (unpaired) electrons. The average molecular weight is 508 g/mol. The maximum absolute atomic E-state index is 13.1. The van der Waals surface area contributed by atoms with Gasteiger partial charge in [-0.3, -0.25) is 25.0 Å². The third-order valence-electron chi connectivity index (χ3n) is 5.21. The lowest BCUT2D eigenvalue weighted by molar-refractivity contribution is -0.384. The third-order valence-corrected chi connectivity index (χ3v) is 5.53. The van der Waals surface area contributed by atoms with Gasteiger partial charge in [-0.15, -0.1) is 0 Å². The number of non-ortho nitro benzene ring substituents is 1. The van der Waals surface area contributed by atoms with Crippen LogP contribution < -0.4 is 19.7 Å². The smallest absolute Gasteiger partial charge is 0.335 e. The first-order valence-corrected chi connectivity index (χ1v) is 10.9. The van der Waals surface area contributed by atoms with Gasteiger partial charge >= 0.3 is 6.03 Å². The highest BCUT2D eigenvalue weighted by Crippen LogP contribution is 2.32. The number of ether oxygens (including phenoxy) is 2. The maximum atomic E-state index is 13.1. The molecule has 0 unspecified atom stereocenters. The van der Waals surface area contributed by atoms with E-state index in [4.69, 9.17) is 21.1 Å². The summed E-state index contributed by atoms with van der Waals surface area (Å²) in [5.41, 5.74) is 0.835. The van der Waals surface area contributed by atoms with Crippen LogP contribution >= 0.6 is 11.6 Å². The van der Waals surface area contributed by atoms with Crippen molar-refractivity contribution in [1.29, 1.82) is 0 Å². The zero-order valence-electron chi connectivity index (χ0n) is 18.8. The Balaban J connectivity index is 1.59. The molecule has 3 aromatic rings. The van der Waals surface area contributed by atoms with Crippen molar-refractivity contribution in [2.45, 2.75) is 6.61 Å². The molecule has 1 fully saturated rings. The maximum Gasteiger partial charge on any atom is 0.335 e. The predicted octanol–water partition coefficient (Wildman–Crippen LogP) is 4.50. The highest BCUT2D eigenvalue weighted by Gasteiger charge is 2.37. The Kier molecular flexibility index (Phi) is 6.98. The number of anilines is 1. The standard InChI is InChI=1S/C25H18ClN3O7/c1-35-22-13-15(9-10-21(22)36-14-16-5-4-6-17(11-16)29(33)34)12-18-23(30)27-25(32)28(24(18)31)20-8-3-2-7-19(20)26/h2-13H,14H2,1H3,(H,27,30,32)/b18-12+. The number of methoxy groups -OCH3 is 1. The monoisotopic (exact) mass is 507 g/mol. The van der Waals surface area contributed by atoms with E-state index in [0.717, 1.165) is 4.90 Å². The van der Waals surface area contributed by atoms with Crippen LogP contribution in [0.1, 0.15) is 11.1 Å². The van der Waals surface area contributed by atoms with E-state index in [9.17, 15) is 24.5 Å². The normalized spacial score (nSPS) is 14.6. The fourth-order valence-corrected chi connectivity index (χ4v) is 3.71. The zero-order valence-corrected chi connectivity index (χ0v) is 19.5. The number of halogens is 1. The summed E-state index contributed by atoms with van der Waals surface area (Å²) in [4.78, 5) is 49.2. The summed E-state index contributed by atoms with van der Waals surface area (Å²) in [5.74, 6) is -1.03. The number of urea groups is 1. The van der Waals surface area contributed by atoms with Crippen molar-refractivity contribution >= 4 is 46.9 Å². The van der Waals surface area contributed by atoms with Crippen LogP contribution in [0.5, 0.6) is 11.5 Å². The number of carbonyl (C=O) groups is 3. The lowest BCUT2D eigenvalue weighted by Crippen LogP contribution is -2.54. The number of hydrogen-bond donors (Lipinski definition) is 1. The molecule has 36 heavy (non-hydrogen) atoms. The average Bonchev–Trinajstić information content (AvgIpc) is 2.86. The van der Waals surface area contributed by atoms with Crippen LogP contribution in [0.3, 0.4) is 0 Å². The van der Waals surface area contributed by atoms with Crippen molar-refractivity contribution in [3.8, 4) is 11.5 Å². The van der Waals surface area contributed by atoms with Crippen molar-refractivity contribution in [1.82, 2.24) is 5.32 Å². The van der Waals surface area contributed by atoms with E-state index in [1.54, 1.807) is 42.5 Å². The van der Waals surface area contributed by atoms with Crippen LogP contribution in [0.2, 0.25) is 5.02 Å². The first-order valence-electron chi connectivity index (χ1n) is 10.5. The molecule has 182 valence electrons. The first-order chi connectivity index (χ1) is 17.3. The van der Waals surface area contributed by atoms with Crippen LogP contribution in [0.25, 0.3) is 6.08 Å². The van der Waals surface area contributed by atoms with Crippen molar-refractivity contribution in [2.24, 2.45) is 0 Å². The number of nitro groups is 1. The van der Waals surface area contributed by atoms with Gasteiger partial charge in [0.25, 0.3) is 17.5 Å². The first kappa shape index (κ1) is 24.4. The van der Waals surface area contributed by atoms with Crippen LogP contribution in [0, 0.1) is 10.1 Å². The van der Waals surface area contributed by atoms with Gasteiger partial charge in [-0.2, -0.15) is 0 Å². The van der Waals surface area contributed by atoms with Gasteiger partial charge in [0, 0.05) is 12.1 Å². The number of amides is 4. The molecule has 4 rings (SSSR count). The summed E-state index contributed by atoms with van der Waals surface area (Å²) >= 11 is 6.15. The topological polar surface area (TPSA) is 128 Å². The van der Waals surface area contributed by atoms with E-state index < -0.39 is 22.8 Å². The summed E-state index contributed by atoms with van der Waals surface area (Å²) in [6.45, 7) is 0.0499. The lowest BCUT2D eigenvalue weighted by Gasteiger charge is -2.27. The number of barbiturate groups is 1. The molecule has 0 bridgehead atoms. The van der Waals surface area contributed by atoms with Gasteiger partial charge in [-0.05, 0) is 41.5 Å². The summed E-state index contributed by atoms with van der Waals surface area (Å²) in [7, 11) is 1.42. The van der Waals surface area contributed by atoms with E-state index in [0.29, 0.717) is 22.6 Å². The number of imide groups is 2. The number of rotatable bonds is 7. The van der Waals surface area contributed by atoms with E-state index in [1.807, 2.05) is 0 Å².